The van der Waals surface area contributed by atoms with Gasteiger partial charge in [0.1, 0.15) is 17.6 Å². The van der Waals surface area contributed by atoms with E-state index in [0.717, 1.165) is 12.8 Å². The first-order valence-corrected chi connectivity index (χ1v) is 6.13. The van der Waals surface area contributed by atoms with Crippen molar-refractivity contribution in [3.8, 4) is 11.8 Å². The standard InChI is InChI=1S/C14H12FN3O/c15-13-6-11(9-18-5-1-4-17-18)14(7-10(13)8-16)19-12-2-3-12/h1,4-7,12H,2-3,9H2. The summed E-state index contributed by atoms with van der Waals surface area (Å²) < 4.78 is 21.1. The van der Waals surface area contributed by atoms with Crippen molar-refractivity contribution in [3.63, 3.8) is 0 Å². The van der Waals surface area contributed by atoms with Crippen molar-refractivity contribution in [2.45, 2.75) is 25.5 Å². The second-order valence-electron chi connectivity index (χ2n) is 4.57. The van der Waals surface area contributed by atoms with Gasteiger partial charge in [-0.25, -0.2) is 4.39 Å². The predicted molar refractivity (Wildman–Crippen MR) is 66.1 cm³/mol. The van der Waals surface area contributed by atoms with Gasteiger partial charge in [-0.1, -0.05) is 0 Å². The Morgan fingerprint density at radius 3 is 2.95 bits per heavy atom. The number of nitriles is 1. The quantitative estimate of drug-likeness (QED) is 0.845. The van der Waals surface area contributed by atoms with E-state index >= 15 is 0 Å². The fourth-order valence-electron chi connectivity index (χ4n) is 1.85. The van der Waals surface area contributed by atoms with Crippen LogP contribution in [-0.2, 0) is 6.54 Å². The molecule has 19 heavy (non-hydrogen) atoms. The van der Waals surface area contributed by atoms with Crippen LogP contribution in [0.2, 0.25) is 0 Å². The minimum absolute atomic E-state index is 0.0138. The molecule has 2 aromatic rings. The molecule has 3 rings (SSSR count). The molecule has 0 atom stereocenters. The van der Waals surface area contributed by atoms with Crippen molar-refractivity contribution in [3.05, 3.63) is 47.5 Å². The van der Waals surface area contributed by atoms with Crippen molar-refractivity contribution >= 4 is 0 Å². The lowest BCUT2D eigenvalue weighted by molar-refractivity contribution is 0.298. The Morgan fingerprint density at radius 2 is 2.32 bits per heavy atom. The number of aromatic nitrogens is 2. The van der Waals surface area contributed by atoms with Gasteiger partial charge in [-0.3, -0.25) is 4.68 Å². The van der Waals surface area contributed by atoms with Crippen molar-refractivity contribution in [1.82, 2.24) is 9.78 Å². The monoisotopic (exact) mass is 257 g/mol. The SMILES string of the molecule is N#Cc1cc(OC2CC2)c(Cn2cccn2)cc1F. The molecule has 1 heterocycles. The van der Waals surface area contributed by atoms with E-state index in [1.165, 1.54) is 12.1 Å². The Kier molecular flexibility index (Phi) is 2.92. The van der Waals surface area contributed by atoms with E-state index in [0.29, 0.717) is 17.9 Å². The van der Waals surface area contributed by atoms with Crippen LogP contribution in [0.4, 0.5) is 4.39 Å². The zero-order valence-corrected chi connectivity index (χ0v) is 10.2. The zero-order valence-electron chi connectivity index (χ0n) is 10.2. The molecule has 0 amide bonds. The Bertz CT molecular complexity index is 627. The molecule has 0 radical (unpaired) electrons. The highest BCUT2D eigenvalue weighted by atomic mass is 19.1. The second-order valence-corrected chi connectivity index (χ2v) is 4.57. The lowest BCUT2D eigenvalue weighted by atomic mass is 10.1. The lowest BCUT2D eigenvalue weighted by Gasteiger charge is -2.12. The predicted octanol–water partition coefficient (Wildman–Crippen LogP) is 2.48. The molecule has 1 aliphatic rings. The highest BCUT2D eigenvalue weighted by Gasteiger charge is 2.25. The van der Waals surface area contributed by atoms with Gasteiger partial charge in [0, 0.05) is 24.0 Å². The molecule has 1 saturated carbocycles. The number of halogens is 1. The Balaban J connectivity index is 1.95. The van der Waals surface area contributed by atoms with Crippen LogP contribution in [0.5, 0.6) is 5.75 Å². The smallest absolute Gasteiger partial charge is 0.141 e. The maximum atomic E-state index is 13.7. The first-order valence-electron chi connectivity index (χ1n) is 6.13. The van der Waals surface area contributed by atoms with E-state index in [9.17, 15) is 4.39 Å². The van der Waals surface area contributed by atoms with E-state index in [1.807, 2.05) is 6.07 Å². The second kappa shape index (κ2) is 4.73. The Labute approximate surface area is 110 Å². The summed E-state index contributed by atoms with van der Waals surface area (Å²) >= 11 is 0. The van der Waals surface area contributed by atoms with E-state index < -0.39 is 5.82 Å². The van der Waals surface area contributed by atoms with Gasteiger partial charge in [-0.05, 0) is 25.0 Å². The van der Waals surface area contributed by atoms with Gasteiger partial charge in [-0.15, -0.1) is 0 Å². The van der Waals surface area contributed by atoms with Gasteiger partial charge in [-0.2, -0.15) is 10.4 Å². The number of nitrogens with zero attached hydrogens (tertiary/aromatic N) is 3. The highest BCUT2D eigenvalue weighted by molar-refractivity contribution is 5.44. The van der Waals surface area contributed by atoms with Gasteiger partial charge in [0.05, 0.1) is 18.2 Å². The van der Waals surface area contributed by atoms with Gasteiger partial charge >= 0.3 is 0 Å². The van der Waals surface area contributed by atoms with Crippen molar-refractivity contribution < 1.29 is 9.13 Å². The van der Waals surface area contributed by atoms with Crippen LogP contribution in [0.25, 0.3) is 0 Å². The minimum atomic E-state index is -0.521. The largest absolute Gasteiger partial charge is 0.490 e. The summed E-state index contributed by atoms with van der Waals surface area (Å²) in [6, 6.07) is 6.48. The van der Waals surface area contributed by atoms with Gasteiger partial charge in [0.15, 0.2) is 0 Å². The van der Waals surface area contributed by atoms with Crippen LogP contribution in [-0.4, -0.2) is 15.9 Å². The van der Waals surface area contributed by atoms with E-state index in [-0.39, 0.29) is 11.7 Å². The number of hydrogen-bond donors (Lipinski definition) is 0. The third-order valence-electron chi connectivity index (χ3n) is 2.98. The first-order chi connectivity index (χ1) is 9.26. The molecule has 1 aromatic heterocycles. The molecule has 0 bridgehead atoms. The van der Waals surface area contributed by atoms with Gasteiger partial charge in [0.2, 0.25) is 0 Å². The van der Waals surface area contributed by atoms with Gasteiger partial charge in [0.25, 0.3) is 0 Å². The summed E-state index contributed by atoms with van der Waals surface area (Å²) in [5.74, 6) is 0.0590. The lowest BCUT2D eigenvalue weighted by Crippen LogP contribution is -2.06. The Hall–Kier alpha value is -2.35. The zero-order chi connectivity index (χ0) is 13.2. The maximum Gasteiger partial charge on any atom is 0.141 e. The minimum Gasteiger partial charge on any atom is -0.490 e. The third kappa shape index (κ3) is 2.58. The average molecular weight is 257 g/mol. The molecule has 0 aliphatic heterocycles. The number of rotatable bonds is 4. The summed E-state index contributed by atoms with van der Waals surface area (Å²) in [6.45, 7) is 0.428. The number of hydrogen-bond acceptors (Lipinski definition) is 3. The van der Waals surface area contributed by atoms with E-state index in [2.05, 4.69) is 5.10 Å². The molecule has 1 fully saturated rings. The van der Waals surface area contributed by atoms with Gasteiger partial charge < -0.3 is 4.74 Å². The molecular weight excluding hydrogens is 245 g/mol. The summed E-state index contributed by atoms with van der Waals surface area (Å²) in [6.07, 6.45) is 5.70. The van der Waals surface area contributed by atoms with Crippen molar-refractivity contribution in [2.75, 3.05) is 0 Å². The summed E-state index contributed by atoms with van der Waals surface area (Å²) in [7, 11) is 0. The topological polar surface area (TPSA) is 50.8 Å². The molecule has 96 valence electrons. The first kappa shape index (κ1) is 11.7. The van der Waals surface area contributed by atoms with Crippen LogP contribution in [0, 0.1) is 17.1 Å². The molecule has 1 aromatic carbocycles. The molecule has 1 aliphatic carbocycles. The number of ether oxygens (including phenoxy) is 1. The number of benzene rings is 1. The van der Waals surface area contributed by atoms with E-state index in [1.54, 1.807) is 23.1 Å². The molecule has 0 saturated heterocycles. The molecule has 4 nitrogen and oxygen atoms in total. The van der Waals surface area contributed by atoms with Crippen LogP contribution in [0.15, 0.2) is 30.6 Å². The summed E-state index contributed by atoms with van der Waals surface area (Å²) in [4.78, 5) is 0. The Morgan fingerprint density at radius 1 is 1.47 bits per heavy atom. The van der Waals surface area contributed by atoms with E-state index in [4.69, 9.17) is 10.00 Å². The van der Waals surface area contributed by atoms with Crippen LogP contribution in [0.3, 0.4) is 0 Å². The highest BCUT2D eigenvalue weighted by Crippen LogP contribution is 2.31. The fraction of sp³-hybridized carbons (Fsp3) is 0.286. The summed E-state index contributed by atoms with van der Waals surface area (Å²) in [5.41, 5.74) is 0.715. The molecule has 0 unspecified atom stereocenters. The molecule has 0 N–H and O–H groups in total. The van der Waals surface area contributed by atoms with Crippen molar-refractivity contribution in [2.24, 2.45) is 0 Å². The average Bonchev–Trinajstić information content (AvgIpc) is 3.07. The summed E-state index contributed by atoms with van der Waals surface area (Å²) in [5, 5.41) is 13.0. The van der Waals surface area contributed by atoms with Crippen LogP contribution in [0.1, 0.15) is 24.0 Å². The molecular formula is C14H12FN3O. The fourth-order valence-corrected chi connectivity index (χ4v) is 1.85. The normalized spacial score (nSPS) is 14.1. The third-order valence-corrected chi connectivity index (χ3v) is 2.98. The molecule has 5 heteroatoms. The van der Waals surface area contributed by atoms with Crippen molar-refractivity contribution in [1.29, 1.82) is 5.26 Å². The van der Waals surface area contributed by atoms with Crippen LogP contribution >= 0.6 is 0 Å². The maximum absolute atomic E-state index is 13.7. The molecule has 0 spiro atoms. The van der Waals surface area contributed by atoms with Crippen LogP contribution < -0.4 is 4.74 Å².